The molecule has 1 heterocycles. The van der Waals surface area contributed by atoms with Gasteiger partial charge in [-0.15, -0.1) is 12.4 Å². The molecule has 0 saturated carbocycles. The third-order valence-corrected chi connectivity index (χ3v) is 2.46. The number of hydrogen-bond acceptors (Lipinski definition) is 3. The summed E-state index contributed by atoms with van der Waals surface area (Å²) in [6, 6.07) is 0.265. The summed E-state index contributed by atoms with van der Waals surface area (Å²) in [5, 5.41) is 3.28. The number of halogens is 1. The molecule has 1 aliphatic heterocycles. The molecule has 1 atom stereocenters. The number of rotatable bonds is 1. The van der Waals surface area contributed by atoms with Crippen molar-refractivity contribution in [1.29, 1.82) is 0 Å². The smallest absolute Gasteiger partial charge is 0.409 e. The van der Waals surface area contributed by atoms with E-state index in [1.807, 2.05) is 0 Å². The number of amides is 1. The topological polar surface area (TPSA) is 41.6 Å². The Balaban J connectivity index is 0.00000169. The van der Waals surface area contributed by atoms with Crippen LogP contribution in [0.1, 0.15) is 13.8 Å². The van der Waals surface area contributed by atoms with Gasteiger partial charge < -0.3 is 15.0 Å². The molecule has 1 N–H and O–H groups in total. The van der Waals surface area contributed by atoms with Gasteiger partial charge in [0.05, 0.1) is 7.11 Å². The molecule has 84 valence electrons. The first kappa shape index (κ1) is 13.5. The summed E-state index contributed by atoms with van der Waals surface area (Å²) in [6.07, 6.45) is -0.208. The Morgan fingerprint density at radius 3 is 2.71 bits per heavy atom. The highest BCUT2D eigenvalue weighted by molar-refractivity contribution is 5.85. The lowest BCUT2D eigenvalue weighted by molar-refractivity contribution is 0.0808. The van der Waals surface area contributed by atoms with Gasteiger partial charge in [-0.25, -0.2) is 4.79 Å². The summed E-state index contributed by atoms with van der Waals surface area (Å²) in [4.78, 5) is 13.2. The molecule has 1 amide bonds. The van der Waals surface area contributed by atoms with Crippen molar-refractivity contribution in [2.24, 2.45) is 5.92 Å². The molecule has 0 aliphatic carbocycles. The fourth-order valence-corrected chi connectivity index (χ4v) is 1.66. The van der Waals surface area contributed by atoms with Gasteiger partial charge in [-0.05, 0) is 5.92 Å². The van der Waals surface area contributed by atoms with Gasteiger partial charge in [0.2, 0.25) is 0 Å². The van der Waals surface area contributed by atoms with E-state index in [2.05, 4.69) is 19.2 Å². The molecule has 0 unspecified atom stereocenters. The van der Waals surface area contributed by atoms with E-state index >= 15 is 0 Å². The van der Waals surface area contributed by atoms with Crippen molar-refractivity contribution in [2.45, 2.75) is 19.9 Å². The molecule has 1 rings (SSSR count). The van der Waals surface area contributed by atoms with E-state index in [0.29, 0.717) is 5.92 Å². The molecule has 1 fully saturated rings. The number of nitrogens with one attached hydrogen (secondary N) is 1. The average molecular weight is 223 g/mol. The largest absolute Gasteiger partial charge is 0.453 e. The van der Waals surface area contributed by atoms with Crippen LogP contribution in [-0.2, 0) is 4.74 Å². The number of piperazine rings is 1. The second-order valence-electron chi connectivity index (χ2n) is 3.68. The second kappa shape index (κ2) is 6.09. The standard InChI is InChI=1S/C9H18N2O2.ClH/c1-7(2)8-6-10-4-5-11(8)9(12)13-3;/h7-8,10H,4-6H2,1-3H3;1H/t8-;/m1./s1. The third kappa shape index (κ3) is 3.03. The number of methoxy groups -OCH3 is 1. The molecule has 0 radical (unpaired) electrons. The Bertz CT molecular complexity index is 188. The molecular formula is C9H19ClN2O2. The van der Waals surface area contributed by atoms with Crippen LogP contribution in [0.25, 0.3) is 0 Å². The Morgan fingerprint density at radius 2 is 2.21 bits per heavy atom. The van der Waals surface area contributed by atoms with Gasteiger partial charge in [-0.3, -0.25) is 0 Å². The van der Waals surface area contributed by atoms with E-state index in [1.54, 1.807) is 4.90 Å². The molecule has 0 bridgehead atoms. The summed E-state index contributed by atoms with van der Waals surface area (Å²) in [6.45, 7) is 6.71. The quantitative estimate of drug-likeness (QED) is 0.723. The molecule has 0 aromatic rings. The number of hydrogen-bond donors (Lipinski definition) is 1. The molecule has 0 aromatic heterocycles. The Kier molecular flexibility index (Phi) is 5.88. The van der Waals surface area contributed by atoms with Crippen molar-refractivity contribution in [3.05, 3.63) is 0 Å². The molecule has 0 aromatic carbocycles. The summed E-state index contributed by atoms with van der Waals surface area (Å²) in [5.41, 5.74) is 0. The molecular weight excluding hydrogens is 204 g/mol. The highest BCUT2D eigenvalue weighted by Crippen LogP contribution is 2.13. The lowest BCUT2D eigenvalue weighted by atomic mass is 10.0. The number of carbonyl (C=O) groups excluding carboxylic acids is 1. The lowest BCUT2D eigenvalue weighted by Gasteiger charge is -2.37. The maximum atomic E-state index is 11.4. The van der Waals surface area contributed by atoms with Crippen molar-refractivity contribution in [3.63, 3.8) is 0 Å². The van der Waals surface area contributed by atoms with Crippen LogP contribution in [0.5, 0.6) is 0 Å². The first-order valence-corrected chi connectivity index (χ1v) is 4.72. The highest BCUT2D eigenvalue weighted by atomic mass is 35.5. The van der Waals surface area contributed by atoms with E-state index in [-0.39, 0.29) is 24.5 Å². The SMILES string of the molecule is COC(=O)N1CCNC[C@@H]1C(C)C.Cl. The van der Waals surface area contributed by atoms with Gasteiger partial charge in [-0.2, -0.15) is 0 Å². The zero-order chi connectivity index (χ0) is 9.84. The normalized spacial score (nSPS) is 21.7. The minimum atomic E-state index is -0.208. The highest BCUT2D eigenvalue weighted by Gasteiger charge is 2.28. The van der Waals surface area contributed by atoms with Crippen molar-refractivity contribution in [3.8, 4) is 0 Å². The zero-order valence-corrected chi connectivity index (χ0v) is 9.76. The van der Waals surface area contributed by atoms with Crippen molar-refractivity contribution >= 4 is 18.5 Å². The first-order chi connectivity index (χ1) is 6.16. The summed E-state index contributed by atoms with van der Waals surface area (Å²) in [5.74, 6) is 0.465. The summed E-state index contributed by atoms with van der Waals surface area (Å²) >= 11 is 0. The molecule has 1 aliphatic rings. The van der Waals surface area contributed by atoms with Crippen LogP contribution in [0, 0.1) is 5.92 Å². The zero-order valence-electron chi connectivity index (χ0n) is 8.95. The van der Waals surface area contributed by atoms with Gasteiger partial charge in [-0.1, -0.05) is 13.8 Å². The van der Waals surface area contributed by atoms with Crippen LogP contribution in [0.15, 0.2) is 0 Å². The van der Waals surface area contributed by atoms with Gasteiger partial charge >= 0.3 is 6.09 Å². The fourth-order valence-electron chi connectivity index (χ4n) is 1.66. The van der Waals surface area contributed by atoms with E-state index in [1.165, 1.54) is 7.11 Å². The third-order valence-electron chi connectivity index (χ3n) is 2.46. The van der Waals surface area contributed by atoms with Crippen LogP contribution >= 0.6 is 12.4 Å². The maximum absolute atomic E-state index is 11.4. The van der Waals surface area contributed by atoms with E-state index < -0.39 is 0 Å². The minimum Gasteiger partial charge on any atom is -0.453 e. The van der Waals surface area contributed by atoms with E-state index in [4.69, 9.17) is 4.74 Å². The van der Waals surface area contributed by atoms with Gasteiger partial charge in [0, 0.05) is 25.7 Å². The van der Waals surface area contributed by atoms with Crippen LogP contribution in [0.2, 0.25) is 0 Å². The number of carbonyl (C=O) groups is 1. The fraction of sp³-hybridized carbons (Fsp3) is 0.889. The van der Waals surface area contributed by atoms with Crippen molar-refractivity contribution in [1.82, 2.24) is 10.2 Å². The maximum Gasteiger partial charge on any atom is 0.409 e. The average Bonchev–Trinajstić information content (AvgIpc) is 2.16. The Labute approximate surface area is 91.4 Å². The van der Waals surface area contributed by atoms with E-state index in [9.17, 15) is 4.79 Å². The summed E-state index contributed by atoms with van der Waals surface area (Å²) in [7, 11) is 1.43. The predicted octanol–water partition coefficient (Wildman–Crippen LogP) is 1.10. The van der Waals surface area contributed by atoms with Crippen molar-refractivity contribution < 1.29 is 9.53 Å². The monoisotopic (exact) mass is 222 g/mol. The van der Waals surface area contributed by atoms with Gasteiger partial charge in [0.15, 0.2) is 0 Å². The number of nitrogens with zero attached hydrogens (tertiary/aromatic N) is 1. The van der Waals surface area contributed by atoms with Gasteiger partial charge in [0.25, 0.3) is 0 Å². The van der Waals surface area contributed by atoms with Crippen LogP contribution < -0.4 is 5.32 Å². The molecule has 1 saturated heterocycles. The minimum absolute atomic E-state index is 0. The molecule has 0 spiro atoms. The Hall–Kier alpha value is -0.480. The molecule has 5 heteroatoms. The van der Waals surface area contributed by atoms with Crippen LogP contribution in [-0.4, -0.2) is 43.8 Å². The lowest BCUT2D eigenvalue weighted by Crippen LogP contribution is -2.55. The van der Waals surface area contributed by atoms with E-state index in [0.717, 1.165) is 19.6 Å². The molecule has 4 nitrogen and oxygen atoms in total. The second-order valence-corrected chi connectivity index (χ2v) is 3.68. The predicted molar refractivity (Wildman–Crippen MR) is 57.9 cm³/mol. The van der Waals surface area contributed by atoms with Gasteiger partial charge in [0.1, 0.15) is 0 Å². The Morgan fingerprint density at radius 1 is 1.57 bits per heavy atom. The van der Waals surface area contributed by atoms with Crippen molar-refractivity contribution in [2.75, 3.05) is 26.7 Å². The summed E-state index contributed by atoms with van der Waals surface area (Å²) < 4.78 is 4.73. The number of ether oxygens (including phenoxy) is 1. The molecule has 14 heavy (non-hydrogen) atoms. The van der Waals surface area contributed by atoms with Crippen LogP contribution in [0.3, 0.4) is 0 Å². The first-order valence-electron chi connectivity index (χ1n) is 4.72. The van der Waals surface area contributed by atoms with Crippen LogP contribution in [0.4, 0.5) is 4.79 Å².